The van der Waals surface area contributed by atoms with Gasteiger partial charge in [0.1, 0.15) is 0 Å². The summed E-state index contributed by atoms with van der Waals surface area (Å²) in [4.78, 5) is 12.9. The monoisotopic (exact) mass is 287 g/mol. The largest absolute Gasteiger partial charge is 0.416 e. The molecule has 1 heterocycles. The van der Waals surface area contributed by atoms with Crippen LogP contribution >= 0.6 is 0 Å². The second kappa shape index (κ2) is 5.32. The van der Waals surface area contributed by atoms with Crippen LogP contribution in [0.5, 0.6) is 0 Å². The Balaban J connectivity index is 2.37. The first-order chi connectivity index (χ1) is 9.29. The molecule has 1 aromatic carbocycles. The number of carbonyl (C=O) groups is 1. The summed E-state index contributed by atoms with van der Waals surface area (Å²) in [6.07, 6.45) is -4.41. The van der Waals surface area contributed by atoms with Crippen LogP contribution in [-0.4, -0.2) is 37.1 Å². The fourth-order valence-electron chi connectivity index (χ4n) is 2.72. The summed E-state index contributed by atoms with van der Waals surface area (Å²) >= 11 is 0. The lowest BCUT2D eigenvalue weighted by atomic mass is 9.90. The lowest BCUT2D eigenvalue weighted by molar-refractivity contribution is -0.138. The van der Waals surface area contributed by atoms with Crippen LogP contribution in [-0.2, 0) is 6.18 Å². The molecule has 1 fully saturated rings. The van der Waals surface area contributed by atoms with Gasteiger partial charge in [0.15, 0.2) is 0 Å². The zero-order valence-corrected chi connectivity index (χ0v) is 10.9. The van der Waals surface area contributed by atoms with E-state index >= 15 is 0 Å². The van der Waals surface area contributed by atoms with E-state index in [0.717, 1.165) is 6.07 Å². The molecule has 2 amide bonds. The number of benzene rings is 1. The number of nitrogens with zero attached hydrogens (tertiary/aromatic N) is 1. The summed E-state index contributed by atoms with van der Waals surface area (Å²) in [5, 5.41) is 2.53. The number of likely N-dealkylation sites (tertiary alicyclic amines) is 1. The summed E-state index contributed by atoms with van der Waals surface area (Å²) in [5.74, 6) is -0.426. The van der Waals surface area contributed by atoms with Gasteiger partial charge in [0.05, 0.1) is 11.6 Å². The Kier molecular flexibility index (Phi) is 3.89. The van der Waals surface area contributed by atoms with Crippen LogP contribution in [0.4, 0.5) is 18.0 Å². The highest BCUT2D eigenvalue weighted by molar-refractivity contribution is 5.72. The van der Waals surface area contributed by atoms with Crippen LogP contribution in [0.2, 0.25) is 0 Å². The number of rotatable bonds is 2. The molecule has 0 spiro atoms. The van der Waals surface area contributed by atoms with Crippen LogP contribution < -0.4 is 11.1 Å². The zero-order chi connectivity index (χ0) is 14.9. The minimum atomic E-state index is -4.41. The lowest BCUT2D eigenvalue weighted by Gasteiger charge is -2.22. The van der Waals surface area contributed by atoms with Crippen molar-refractivity contribution >= 4 is 6.03 Å². The van der Waals surface area contributed by atoms with Crippen LogP contribution in [0.3, 0.4) is 0 Å². The minimum Gasteiger partial charge on any atom is -0.352 e. The molecule has 1 saturated heterocycles. The number of amides is 2. The van der Waals surface area contributed by atoms with Crippen molar-refractivity contribution in [2.24, 2.45) is 5.73 Å². The molecule has 0 aliphatic carbocycles. The molecule has 0 unspecified atom stereocenters. The van der Waals surface area contributed by atoms with Gasteiger partial charge in [-0.3, -0.25) is 0 Å². The number of hydrogen-bond acceptors (Lipinski definition) is 2. The van der Waals surface area contributed by atoms with Crippen LogP contribution in [0.15, 0.2) is 24.3 Å². The number of urea groups is 1. The molecule has 0 aromatic heterocycles. The van der Waals surface area contributed by atoms with E-state index in [0.29, 0.717) is 13.1 Å². The van der Waals surface area contributed by atoms with Crippen molar-refractivity contribution < 1.29 is 18.0 Å². The van der Waals surface area contributed by atoms with Gasteiger partial charge in [-0.2, -0.15) is 13.2 Å². The molecule has 2 atom stereocenters. The Bertz CT molecular complexity index is 504. The first-order valence-electron chi connectivity index (χ1n) is 6.19. The van der Waals surface area contributed by atoms with E-state index in [1.54, 1.807) is 13.1 Å². The molecule has 1 aliphatic heterocycles. The molecule has 110 valence electrons. The van der Waals surface area contributed by atoms with Crippen molar-refractivity contribution in [2.45, 2.75) is 18.1 Å². The Labute approximate surface area is 114 Å². The molecule has 4 nitrogen and oxygen atoms in total. The number of primary amides is 1. The van der Waals surface area contributed by atoms with E-state index in [4.69, 9.17) is 5.73 Å². The number of hydrogen-bond donors (Lipinski definition) is 2. The highest BCUT2D eigenvalue weighted by Crippen LogP contribution is 2.38. The van der Waals surface area contributed by atoms with Gasteiger partial charge < -0.3 is 16.0 Å². The number of nitrogens with two attached hydrogens (primary N) is 1. The predicted molar refractivity (Wildman–Crippen MR) is 68.2 cm³/mol. The van der Waals surface area contributed by atoms with E-state index < -0.39 is 29.7 Å². The smallest absolute Gasteiger partial charge is 0.352 e. The van der Waals surface area contributed by atoms with Crippen molar-refractivity contribution in [3.8, 4) is 0 Å². The molecule has 7 heteroatoms. The van der Waals surface area contributed by atoms with Gasteiger partial charge in [0.2, 0.25) is 0 Å². The fourth-order valence-corrected chi connectivity index (χ4v) is 2.72. The summed E-state index contributed by atoms with van der Waals surface area (Å²) < 4.78 is 39.2. The quantitative estimate of drug-likeness (QED) is 0.871. The zero-order valence-electron chi connectivity index (χ0n) is 10.9. The second-order valence-electron chi connectivity index (χ2n) is 5.03. The van der Waals surface area contributed by atoms with Crippen molar-refractivity contribution in [3.05, 3.63) is 35.4 Å². The highest BCUT2D eigenvalue weighted by atomic mass is 19.4. The Morgan fingerprint density at radius 3 is 2.60 bits per heavy atom. The van der Waals surface area contributed by atoms with Gasteiger partial charge >= 0.3 is 12.2 Å². The standard InChI is InChI=1S/C13H16F3N3O/c1-19-6-9(11(7-19)18-12(17)20)8-4-2-3-5-10(8)13(14,15)16/h2-5,9,11H,6-7H2,1H3,(H3,17,18,20)/t9-,11+/m0/s1. The third-order valence-electron chi connectivity index (χ3n) is 3.50. The number of carbonyl (C=O) groups excluding carboxylic acids is 1. The van der Waals surface area contributed by atoms with Gasteiger partial charge in [-0.1, -0.05) is 18.2 Å². The lowest BCUT2D eigenvalue weighted by Crippen LogP contribution is -2.42. The fraction of sp³-hybridized carbons (Fsp3) is 0.462. The van der Waals surface area contributed by atoms with Gasteiger partial charge in [-0.25, -0.2) is 4.79 Å². The maximum absolute atomic E-state index is 13.1. The molecule has 20 heavy (non-hydrogen) atoms. The van der Waals surface area contributed by atoms with E-state index in [-0.39, 0.29) is 5.56 Å². The number of likely N-dealkylation sites (N-methyl/N-ethyl adjacent to an activating group) is 1. The van der Waals surface area contributed by atoms with Gasteiger partial charge in [-0.05, 0) is 18.7 Å². The maximum atomic E-state index is 13.1. The first-order valence-corrected chi connectivity index (χ1v) is 6.19. The van der Waals surface area contributed by atoms with Crippen molar-refractivity contribution in [1.82, 2.24) is 10.2 Å². The predicted octanol–water partition coefficient (Wildman–Crippen LogP) is 1.77. The minimum absolute atomic E-state index is 0.197. The molecule has 0 bridgehead atoms. The number of alkyl halides is 3. The van der Waals surface area contributed by atoms with Gasteiger partial charge in [0, 0.05) is 19.0 Å². The van der Waals surface area contributed by atoms with E-state index in [9.17, 15) is 18.0 Å². The average Bonchev–Trinajstić information content (AvgIpc) is 2.68. The third-order valence-corrected chi connectivity index (χ3v) is 3.50. The third kappa shape index (κ3) is 3.04. The van der Waals surface area contributed by atoms with Crippen molar-refractivity contribution in [3.63, 3.8) is 0 Å². The summed E-state index contributed by atoms with van der Waals surface area (Å²) in [7, 11) is 1.80. The van der Waals surface area contributed by atoms with E-state index in [1.807, 2.05) is 4.90 Å². The summed E-state index contributed by atoms with van der Waals surface area (Å²) in [5.41, 5.74) is 4.63. The number of nitrogens with one attached hydrogen (secondary N) is 1. The van der Waals surface area contributed by atoms with Crippen molar-refractivity contribution in [2.75, 3.05) is 20.1 Å². The van der Waals surface area contributed by atoms with E-state index in [2.05, 4.69) is 5.32 Å². The number of halogens is 3. The Hall–Kier alpha value is -1.76. The molecule has 1 aromatic rings. The molecule has 3 N–H and O–H groups in total. The molecule has 0 saturated carbocycles. The molecular formula is C13H16F3N3O. The second-order valence-corrected chi connectivity index (χ2v) is 5.03. The maximum Gasteiger partial charge on any atom is 0.416 e. The van der Waals surface area contributed by atoms with Crippen molar-refractivity contribution in [1.29, 1.82) is 0 Å². The van der Waals surface area contributed by atoms with Crippen LogP contribution in [0.25, 0.3) is 0 Å². The Morgan fingerprint density at radius 1 is 1.35 bits per heavy atom. The van der Waals surface area contributed by atoms with Crippen LogP contribution in [0.1, 0.15) is 17.0 Å². The van der Waals surface area contributed by atoms with Crippen LogP contribution in [0, 0.1) is 0 Å². The molecule has 0 radical (unpaired) electrons. The summed E-state index contributed by atoms with van der Waals surface area (Å²) in [6, 6.07) is 4.32. The normalized spacial score (nSPS) is 23.8. The average molecular weight is 287 g/mol. The Morgan fingerprint density at radius 2 is 2.00 bits per heavy atom. The van der Waals surface area contributed by atoms with E-state index in [1.165, 1.54) is 12.1 Å². The van der Waals surface area contributed by atoms with Gasteiger partial charge in [0.25, 0.3) is 0 Å². The molecular weight excluding hydrogens is 271 g/mol. The SMILES string of the molecule is CN1C[C@@H](NC(N)=O)[C@H](c2ccccc2C(F)(F)F)C1. The first kappa shape index (κ1) is 14.6. The highest BCUT2D eigenvalue weighted by Gasteiger charge is 2.40. The summed E-state index contributed by atoms with van der Waals surface area (Å²) in [6.45, 7) is 0.915. The topological polar surface area (TPSA) is 58.4 Å². The van der Waals surface area contributed by atoms with Gasteiger partial charge in [-0.15, -0.1) is 0 Å². The molecule has 2 rings (SSSR count). The molecule has 1 aliphatic rings.